The average Bonchev–Trinajstić information content (AvgIpc) is 2.61. The summed E-state index contributed by atoms with van der Waals surface area (Å²) in [4.78, 5) is 4.54. The predicted molar refractivity (Wildman–Crippen MR) is 104 cm³/mol. The second kappa shape index (κ2) is 7.50. The maximum absolute atomic E-state index is 13.0. The molecule has 3 rings (SSSR count). The van der Waals surface area contributed by atoms with Crippen LogP contribution >= 0.6 is 11.6 Å². The molecule has 1 aromatic heterocycles. The summed E-state index contributed by atoms with van der Waals surface area (Å²) >= 11 is 5.92. The second-order valence-electron chi connectivity index (χ2n) is 6.82. The molecule has 1 aromatic carbocycles. The Labute approximate surface area is 165 Å². The number of benzene rings is 1. The fraction of sp³-hybridized carbons (Fsp3) is 0.389. The second-order valence-corrected chi connectivity index (χ2v) is 11.2. The van der Waals surface area contributed by atoms with Gasteiger partial charge in [0.05, 0.1) is 20.5 Å². The third-order valence-electron chi connectivity index (χ3n) is 4.68. The summed E-state index contributed by atoms with van der Waals surface area (Å²) < 4.78 is 51.7. The van der Waals surface area contributed by atoms with Gasteiger partial charge < -0.3 is 0 Å². The van der Waals surface area contributed by atoms with E-state index in [-0.39, 0.29) is 27.3 Å². The van der Waals surface area contributed by atoms with Crippen molar-refractivity contribution in [2.45, 2.75) is 35.5 Å². The van der Waals surface area contributed by atoms with Crippen molar-refractivity contribution in [3.8, 4) is 0 Å². The Hall–Kier alpha value is -1.48. The fourth-order valence-corrected chi connectivity index (χ4v) is 5.96. The standard InChI is InChI=1S/C18H21ClN2O4S2/c1-13-5-7-16(8-6-13)27(24,25)21-9-3-4-14(12-21)18-17(26(2,22)23)10-15(19)11-20-18/h5-8,10-11,14H,3-4,9,12H2,1-2H3/t14-/m0/s1. The minimum Gasteiger partial charge on any atom is -0.258 e. The lowest BCUT2D eigenvalue weighted by Gasteiger charge is -2.32. The van der Waals surface area contributed by atoms with Gasteiger partial charge in [-0.3, -0.25) is 4.98 Å². The highest BCUT2D eigenvalue weighted by molar-refractivity contribution is 7.90. The summed E-state index contributed by atoms with van der Waals surface area (Å²) in [6.45, 7) is 2.48. The highest BCUT2D eigenvalue weighted by Gasteiger charge is 2.33. The SMILES string of the molecule is Cc1ccc(S(=O)(=O)N2CCC[C@H](c3ncc(Cl)cc3S(C)(=O)=O)C2)cc1. The van der Waals surface area contributed by atoms with Crippen LogP contribution in [0.25, 0.3) is 0 Å². The Morgan fingerprint density at radius 1 is 1.15 bits per heavy atom. The van der Waals surface area contributed by atoms with Crippen LogP contribution in [0, 0.1) is 6.92 Å². The van der Waals surface area contributed by atoms with Crippen LogP contribution in [0.15, 0.2) is 46.3 Å². The first kappa shape index (κ1) is 20.3. The van der Waals surface area contributed by atoms with Crippen molar-refractivity contribution in [2.24, 2.45) is 0 Å². The number of sulfonamides is 1. The van der Waals surface area contributed by atoms with Gasteiger partial charge >= 0.3 is 0 Å². The van der Waals surface area contributed by atoms with E-state index in [1.165, 1.54) is 16.6 Å². The van der Waals surface area contributed by atoms with Crippen molar-refractivity contribution in [2.75, 3.05) is 19.3 Å². The van der Waals surface area contributed by atoms with E-state index in [1.54, 1.807) is 24.3 Å². The highest BCUT2D eigenvalue weighted by atomic mass is 35.5. The normalized spacial score (nSPS) is 19.1. The topological polar surface area (TPSA) is 84.4 Å². The molecule has 9 heteroatoms. The largest absolute Gasteiger partial charge is 0.258 e. The van der Waals surface area contributed by atoms with E-state index in [1.807, 2.05) is 6.92 Å². The predicted octanol–water partition coefficient (Wildman–Crippen LogP) is 3.02. The lowest BCUT2D eigenvalue weighted by Crippen LogP contribution is -2.39. The zero-order valence-electron chi connectivity index (χ0n) is 15.1. The highest BCUT2D eigenvalue weighted by Crippen LogP contribution is 2.33. The lowest BCUT2D eigenvalue weighted by molar-refractivity contribution is 0.310. The van der Waals surface area contributed by atoms with E-state index in [9.17, 15) is 16.8 Å². The summed E-state index contributed by atoms with van der Waals surface area (Å²) in [6, 6.07) is 8.09. The molecule has 0 radical (unpaired) electrons. The zero-order chi connectivity index (χ0) is 19.8. The van der Waals surface area contributed by atoms with E-state index in [4.69, 9.17) is 11.6 Å². The minimum absolute atomic E-state index is 0.0644. The van der Waals surface area contributed by atoms with Crippen LogP contribution in [0.5, 0.6) is 0 Å². The first-order chi connectivity index (χ1) is 12.6. The van der Waals surface area contributed by atoms with E-state index in [2.05, 4.69) is 4.98 Å². The Morgan fingerprint density at radius 2 is 1.81 bits per heavy atom. The lowest BCUT2D eigenvalue weighted by atomic mass is 9.95. The molecule has 0 saturated carbocycles. The summed E-state index contributed by atoms with van der Waals surface area (Å²) in [7, 11) is -7.18. The monoisotopic (exact) mass is 428 g/mol. The Morgan fingerprint density at radius 3 is 2.44 bits per heavy atom. The third kappa shape index (κ3) is 4.34. The molecule has 1 saturated heterocycles. The molecule has 27 heavy (non-hydrogen) atoms. The number of pyridine rings is 1. The van der Waals surface area contributed by atoms with Gasteiger partial charge in [0.2, 0.25) is 10.0 Å². The van der Waals surface area contributed by atoms with Gasteiger partial charge in [-0.2, -0.15) is 4.31 Å². The molecule has 0 bridgehead atoms. The van der Waals surface area contributed by atoms with Crippen LogP contribution in [-0.2, 0) is 19.9 Å². The number of halogens is 1. The number of hydrogen-bond donors (Lipinski definition) is 0. The van der Waals surface area contributed by atoms with Crippen molar-refractivity contribution >= 4 is 31.5 Å². The van der Waals surface area contributed by atoms with Gasteiger partial charge in [-0.1, -0.05) is 29.3 Å². The van der Waals surface area contributed by atoms with E-state index in [0.29, 0.717) is 25.1 Å². The van der Waals surface area contributed by atoms with Gasteiger partial charge in [0.25, 0.3) is 0 Å². The van der Waals surface area contributed by atoms with Crippen molar-refractivity contribution in [1.29, 1.82) is 0 Å². The number of piperidine rings is 1. The number of aryl methyl sites for hydroxylation is 1. The fourth-order valence-electron chi connectivity index (χ4n) is 3.28. The number of aromatic nitrogens is 1. The molecular formula is C18H21ClN2O4S2. The Bertz CT molecular complexity index is 1050. The molecular weight excluding hydrogens is 408 g/mol. The smallest absolute Gasteiger partial charge is 0.243 e. The van der Waals surface area contributed by atoms with Crippen LogP contribution < -0.4 is 0 Å². The van der Waals surface area contributed by atoms with Gasteiger partial charge in [-0.05, 0) is 38.0 Å². The Balaban J connectivity index is 1.95. The Kier molecular flexibility index (Phi) is 5.63. The van der Waals surface area contributed by atoms with Crippen molar-refractivity contribution < 1.29 is 16.8 Å². The summed E-state index contributed by atoms with van der Waals surface area (Å²) in [5, 5.41) is 0.235. The van der Waals surface area contributed by atoms with E-state index >= 15 is 0 Å². The molecule has 1 aliphatic rings. The van der Waals surface area contributed by atoms with Crippen molar-refractivity contribution in [1.82, 2.24) is 9.29 Å². The molecule has 1 aliphatic heterocycles. The van der Waals surface area contributed by atoms with Gasteiger partial charge in [0.1, 0.15) is 0 Å². The summed E-state index contributed by atoms with van der Waals surface area (Å²) in [5.74, 6) is -0.305. The molecule has 0 amide bonds. The molecule has 0 aliphatic carbocycles. The number of rotatable bonds is 4. The van der Waals surface area contributed by atoms with Gasteiger partial charge in [-0.15, -0.1) is 0 Å². The van der Waals surface area contributed by atoms with Crippen LogP contribution in [0.2, 0.25) is 5.02 Å². The van der Waals surface area contributed by atoms with Crippen molar-refractivity contribution in [3.63, 3.8) is 0 Å². The first-order valence-corrected chi connectivity index (χ1v) is 12.2. The first-order valence-electron chi connectivity index (χ1n) is 8.51. The van der Waals surface area contributed by atoms with E-state index < -0.39 is 19.9 Å². The number of sulfone groups is 1. The van der Waals surface area contributed by atoms with Crippen LogP contribution in [0.4, 0.5) is 0 Å². The molecule has 6 nitrogen and oxygen atoms in total. The third-order valence-corrected chi connectivity index (χ3v) is 7.89. The quantitative estimate of drug-likeness (QED) is 0.747. The van der Waals surface area contributed by atoms with Crippen molar-refractivity contribution in [3.05, 3.63) is 52.8 Å². The molecule has 0 spiro atoms. The van der Waals surface area contributed by atoms with Gasteiger partial charge in [-0.25, -0.2) is 16.8 Å². The molecule has 1 atom stereocenters. The van der Waals surface area contributed by atoms with Gasteiger partial charge in [0.15, 0.2) is 9.84 Å². The molecule has 2 heterocycles. The maximum atomic E-state index is 13.0. The zero-order valence-corrected chi connectivity index (χ0v) is 17.5. The number of hydrogen-bond acceptors (Lipinski definition) is 5. The van der Waals surface area contributed by atoms with Crippen LogP contribution in [-0.4, -0.2) is 45.5 Å². The summed E-state index contributed by atoms with van der Waals surface area (Å²) in [5.41, 5.74) is 1.36. The van der Waals surface area contributed by atoms with Gasteiger partial charge in [0, 0.05) is 31.5 Å². The maximum Gasteiger partial charge on any atom is 0.243 e. The molecule has 1 fully saturated rings. The molecule has 146 valence electrons. The molecule has 0 unspecified atom stereocenters. The van der Waals surface area contributed by atoms with E-state index in [0.717, 1.165) is 11.8 Å². The van der Waals surface area contributed by atoms with Crippen LogP contribution in [0.3, 0.4) is 0 Å². The minimum atomic E-state index is -3.65. The molecule has 0 N–H and O–H groups in total. The molecule has 2 aromatic rings. The summed E-state index contributed by atoms with van der Waals surface area (Å²) in [6.07, 6.45) is 3.80. The average molecular weight is 429 g/mol. The van der Waals surface area contributed by atoms with Crippen LogP contribution in [0.1, 0.15) is 30.0 Å². The number of nitrogens with zero attached hydrogens (tertiary/aromatic N) is 2.